The average molecular weight is 147 g/mol. The Bertz CT molecular complexity index is 154. The fourth-order valence-electron chi connectivity index (χ4n) is 1.19. The number of halogens is 2. The van der Waals surface area contributed by atoms with E-state index in [1.54, 1.807) is 6.92 Å². The third-order valence-electron chi connectivity index (χ3n) is 1.81. The highest BCUT2D eigenvalue weighted by molar-refractivity contribution is 5.07. The third-order valence-corrected chi connectivity index (χ3v) is 1.81. The summed E-state index contributed by atoms with van der Waals surface area (Å²) in [4.78, 5) is 0. The minimum absolute atomic E-state index is 0.204. The van der Waals surface area contributed by atoms with E-state index in [4.69, 9.17) is 0 Å². The fraction of sp³-hybridized carbons (Fsp3) is 0.714. The molecule has 1 N–H and O–H groups in total. The van der Waals surface area contributed by atoms with Crippen molar-refractivity contribution in [3.8, 4) is 0 Å². The summed E-state index contributed by atoms with van der Waals surface area (Å²) in [6.45, 7) is 5.32. The normalized spacial score (nSPS) is 30.5. The second-order valence-electron chi connectivity index (χ2n) is 2.79. The molecule has 1 fully saturated rings. The first-order valence-corrected chi connectivity index (χ1v) is 3.28. The highest BCUT2D eigenvalue weighted by Gasteiger charge is 2.43. The van der Waals surface area contributed by atoms with E-state index in [1.165, 1.54) is 0 Å². The third kappa shape index (κ3) is 1.19. The predicted molar refractivity (Wildman–Crippen MR) is 36.1 cm³/mol. The zero-order valence-electron chi connectivity index (χ0n) is 5.95. The highest BCUT2D eigenvalue weighted by Crippen LogP contribution is 2.32. The number of hydrogen-bond donors (Lipinski definition) is 1. The van der Waals surface area contributed by atoms with Crippen molar-refractivity contribution in [3.05, 3.63) is 12.2 Å². The lowest BCUT2D eigenvalue weighted by atomic mass is 9.98. The molecule has 1 atom stereocenters. The Morgan fingerprint density at radius 2 is 2.30 bits per heavy atom. The van der Waals surface area contributed by atoms with Gasteiger partial charge in [-0.05, 0) is 6.92 Å². The Balaban J connectivity index is 2.68. The van der Waals surface area contributed by atoms with Gasteiger partial charge in [0.1, 0.15) is 0 Å². The molecule has 1 rings (SSSR count). The lowest BCUT2D eigenvalue weighted by molar-refractivity contribution is -0.00845. The standard InChI is InChI=1S/C7H11F2N/c1-5(2)6-3-10-4-7(6,8)9/h6,10H,1,3-4H2,2H3. The summed E-state index contributed by atoms with van der Waals surface area (Å²) in [6.07, 6.45) is 0. The molecule has 58 valence electrons. The average Bonchev–Trinajstić information content (AvgIpc) is 2.08. The molecule has 0 amide bonds. The maximum atomic E-state index is 12.7. The summed E-state index contributed by atoms with van der Waals surface area (Å²) in [5.41, 5.74) is 0.565. The molecular weight excluding hydrogens is 136 g/mol. The zero-order chi connectivity index (χ0) is 7.78. The fourth-order valence-corrected chi connectivity index (χ4v) is 1.19. The van der Waals surface area contributed by atoms with Crippen LogP contribution in [0.25, 0.3) is 0 Å². The van der Waals surface area contributed by atoms with E-state index >= 15 is 0 Å². The number of hydrogen-bond acceptors (Lipinski definition) is 1. The summed E-state index contributed by atoms with van der Waals surface area (Å²) in [5.74, 6) is -3.24. The Morgan fingerprint density at radius 1 is 1.70 bits per heavy atom. The molecule has 0 aromatic heterocycles. The molecule has 0 aromatic carbocycles. The van der Waals surface area contributed by atoms with Crippen molar-refractivity contribution >= 4 is 0 Å². The van der Waals surface area contributed by atoms with Crippen LogP contribution < -0.4 is 5.32 Å². The van der Waals surface area contributed by atoms with Crippen LogP contribution in [0.3, 0.4) is 0 Å². The molecule has 1 aliphatic heterocycles. The maximum Gasteiger partial charge on any atom is 0.267 e. The van der Waals surface area contributed by atoms with Gasteiger partial charge in [-0.3, -0.25) is 0 Å². The van der Waals surface area contributed by atoms with E-state index in [0.29, 0.717) is 12.1 Å². The van der Waals surface area contributed by atoms with Crippen molar-refractivity contribution in [1.29, 1.82) is 0 Å². The van der Waals surface area contributed by atoms with Gasteiger partial charge in [-0.1, -0.05) is 12.2 Å². The highest BCUT2D eigenvalue weighted by atomic mass is 19.3. The van der Waals surface area contributed by atoms with Gasteiger partial charge < -0.3 is 5.32 Å². The summed E-state index contributed by atoms with van der Waals surface area (Å²) >= 11 is 0. The molecule has 1 aliphatic rings. The summed E-state index contributed by atoms with van der Waals surface area (Å²) in [5, 5.41) is 2.63. The van der Waals surface area contributed by atoms with E-state index in [9.17, 15) is 8.78 Å². The monoisotopic (exact) mass is 147 g/mol. The zero-order valence-corrected chi connectivity index (χ0v) is 5.95. The van der Waals surface area contributed by atoms with Crippen LogP contribution in [0, 0.1) is 5.92 Å². The first-order chi connectivity index (χ1) is 4.54. The number of alkyl halides is 2. The molecular formula is C7H11F2N. The van der Waals surface area contributed by atoms with Crippen molar-refractivity contribution in [2.45, 2.75) is 12.8 Å². The molecule has 1 heterocycles. The van der Waals surface area contributed by atoms with Gasteiger partial charge in [0.05, 0.1) is 12.5 Å². The Hall–Kier alpha value is -0.440. The molecule has 1 saturated heterocycles. The van der Waals surface area contributed by atoms with Crippen LogP contribution in [0.15, 0.2) is 12.2 Å². The van der Waals surface area contributed by atoms with Crippen molar-refractivity contribution in [3.63, 3.8) is 0 Å². The van der Waals surface area contributed by atoms with Crippen LogP contribution in [-0.2, 0) is 0 Å². The van der Waals surface area contributed by atoms with Crippen LogP contribution in [0.1, 0.15) is 6.92 Å². The lowest BCUT2D eigenvalue weighted by Crippen LogP contribution is -2.27. The minimum Gasteiger partial charge on any atom is -0.310 e. The largest absolute Gasteiger partial charge is 0.310 e. The van der Waals surface area contributed by atoms with Crippen LogP contribution in [0.2, 0.25) is 0 Å². The molecule has 3 heteroatoms. The van der Waals surface area contributed by atoms with Gasteiger partial charge in [-0.15, -0.1) is 0 Å². The van der Waals surface area contributed by atoms with E-state index in [2.05, 4.69) is 11.9 Å². The van der Waals surface area contributed by atoms with Gasteiger partial charge >= 0.3 is 0 Å². The quantitative estimate of drug-likeness (QED) is 0.553. The van der Waals surface area contributed by atoms with Gasteiger partial charge in [0.25, 0.3) is 5.92 Å². The van der Waals surface area contributed by atoms with Gasteiger partial charge in [0, 0.05) is 6.54 Å². The molecule has 1 nitrogen and oxygen atoms in total. The van der Waals surface area contributed by atoms with Gasteiger partial charge in [-0.2, -0.15) is 0 Å². The number of rotatable bonds is 1. The molecule has 0 radical (unpaired) electrons. The van der Waals surface area contributed by atoms with Crippen LogP contribution >= 0.6 is 0 Å². The van der Waals surface area contributed by atoms with E-state index in [1.807, 2.05) is 0 Å². The topological polar surface area (TPSA) is 12.0 Å². The summed E-state index contributed by atoms with van der Waals surface area (Å²) in [7, 11) is 0. The van der Waals surface area contributed by atoms with Crippen molar-refractivity contribution in [2.24, 2.45) is 5.92 Å². The van der Waals surface area contributed by atoms with Gasteiger partial charge in [0.2, 0.25) is 0 Å². The first kappa shape index (κ1) is 7.66. The van der Waals surface area contributed by atoms with Crippen molar-refractivity contribution in [1.82, 2.24) is 5.32 Å². The molecule has 0 bridgehead atoms. The summed E-state index contributed by atoms with van der Waals surface area (Å²) < 4.78 is 25.5. The van der Waals surface area contributed by atoms with E-state index in [-0.39, 0.29) is 6.54 Å². The Morgan fingerprint density at radius 3 is 2.50 bits per heavy atom. The lowest BCUT2D eigenvalue weighted by Gasteiger charge is -2.16. The number of nitrogens with one attached hydrogen (secondary N) is 1. The molecule has 0 spiro atoms. The molecule has 10 heavy (non-hydrogen) atoms. The van der Waals surface area contributed by atoms with Crippen molar-refractivity contribution < 1.29 is 8.78 Å². The van der Waals surface area contributed by atoms with Crippen LogP contribution in [0.4, 0.5) is 8.78 Å². The molecule has 1 unspecified atom stereocenters. The molecule has 0 aromatic rings. The van der Waals surface area contributed by atoms with E-state index in [0.717, 1.165) is 0 Å². The molecule has 0 aliphatic carbocycles. The van der Waals surface area contributed by atoms with Crippen LogP contribution in [-0.4, -0.2) is 19.0 Å². The van der Waals surface area contributed by atoms with Crippen LogP contribution in [0.5, 0.6) is 0 Å². The Kier molecular flexibility index (Phi) is 1.77. The van der Waals surface area contributed by atoms with Gasteiger partial charge in [0.15, 0.2) is 0 Å². The minimum atomic E-state index is -2.58. The molecule has 0 saturated carbocycles. The van der Waals surface area contributed by atoms with Gasteiger partial charge in [-0.25, -0.2) is 8.78 Å². The SMILES string of the molecule is C=C(C)C1CNCC1(F)F. The summed E-state index contributed by atoms with van der Waals surface area (Å²) in [6, 6.07) is 0. The maximum absolute atomic E-state index is 12.7. The second-order valence-corrected chi connectivity index (χ2v) is 2.79. The second kappa shape index (κ2) is 2.31. The smallest absolute Gasteiger partial charge is 0.267 e. The Labute approximate surface area is 59.1 Å². The predicted octanol–water partition coefficient (Wildman–Crippen LogP) is 1.42. The van der Waals surface area contributed by atoms with E-state index < -0.39 is 11.8 Å². The first-order valence-electron chi connectivity index (χ1n) is 3.28. The van der Waals surface area contributed by atoms with Crippen molar-refractivity contribution in [2.75, 3.05) is 13.1 Å².